The molecule has 0 amide bonds. The first-order chi connectivity index (χ1) is 8.78. The predicted molar refractivity (Wildman–Crippen MR) is 106 cm³/mol. The molecule has 2 bridgehead atoms. The molecule has 3 heterocycles. The summed E-state index contributed by atoms with van der Waals surface area (Å²) in [6.45, 7) is 19.2. The molecule has 0 radical (unpaired) electrons. The number of hydrogen-bond acceptors (Lipinski definition) is 0. The number of fused-ring (bicyclic) bond motifs is 2. The molecule has 0 spiro atoms. The van der Waals surface area contributed by atoms with Crippen molar-refractivity contribution in [3.63, 3.8) is 0 Å². The summed E-state index contributed by atoms with van der Waals surface area (Å²) in [6, 6.07) is 0. The van der Waals surface area contributed by atoms with Gasteiger partial charge in [-0.2, -0.15) is 0 Å². The SMILES string of the molecule is CC1=C[C@]2(C(C)(C)C)[P@](Cl)[C@H](C(C)(C)C)[C@@]1(C)C[P@]2I. The van der Waals surface area contributed by atoms with Crippen molar-refractivity contribution >= 4 is 46.1 Å². The molecule has 1 fully saturated rings. The van der Waals surface area contributed by atoms with Gasteiger partial charge in [0.1, 0.15) is 0 Å². The van der Waals surface area contributed by atoms with Crippen molar-refractivity contribution in [3.8, 4) is 0 Å². The molecule has 0 saturated carbocycles. The van der Waals surface area contributed by atoms with E-state index in [2.05, 4.69) is 83.5 Å². The first-order valence-corrected chi connectivity index (χ1v) is 14.0. The number of halogens is 2. The van der Waals surface area contributed by atoms with Crippen LogP contribution < -0.4 is 0 Å². The Morgan fingerprint density at radius 3 is 2.15 bits per heavy atom. The Bertz CT molecular complexity index is 448. The van der Waals surface area contributed by atoms with Crippen molar-refractivity contribution in [2.24, 2.45) is 16.2 Å². The smallest absolute Gasteiger partial charge is 0.0567 e. The normalized spacial score (nSPS) is 45.5. The summed E-state index contributed by atoms with van der Waals surface area (Å²) in [4.78, 5) is 0.236. The van der Waals surface area contributed by atoms with Gasteiger partial charge in [-0.15, -0.1) is 0 Å². The summed E-state index contributed by atoms with van der Waals surface area (Å²) in [5, 5.41) is 0. The second-order valence-electron chi connectivity index (χ2n) is 8.82. The highest BCUT2D eigenvalue weighted by atomic mass is 127. The minimum absolute atomic E-state index is 0.0756. The zero-order valence-corrected chi connectivity index (χ0v) is 18.7. The summed E-state index contributed by atoms with van der Waals surface area (Å²) >= 11 is 10.0. The van der Waals surface area contributed by atoms with Gasteiger partial charge in [0.25, 0.3) is 0 Å². The van der Waals surface area contributed by atoms with Gasteiger partial charge in [-0.1, -0.05) is 93.4 Å². The zero-order chi connectivity index (χ0) is 15.7. The largest absolute Gasteiger partial charge is 0.0947 e. The Balaban J connectivity index is 2.71. The van der Waals surface area contributed by atoms with Crippen molar-refractivity contribution in [3.05, 3.63) is 11.6 Å². The number of rotatable bonds is 0. The average Bonchev–Trinajstić information content (AvgIpc) is 2.17. The summed E-state index contributed by atoms with van der Waals surface area (Å²) in [5.41, 5.74) is 2.98. The van der Waals surface area contributed by atoms with E-state index in [1.165, 1.54) is 6.16 Å². The van der Waals surface area contributed by atoms with E-state index in [4.69, 9.17) is 11.2 Å². The van der Waals surface area contributed by atoms with Gasteiger partial charge in [-0.25, -0.2) is 0 Å². The minimum Gasteiger partial charge on any atom is -0.0947 e. The van der Waals surface area contributed by atoms with Crippen LogP contribution in [-0.4, -0.2) is 16.7 Å². The van der Waals surface area contributed by atoms with Crippen molar-refractivity contribution in [2.45, 2.75) is 65.9 Å². The number of hydrogen-bond donors (Lipinski definition) is 0. The lowest BCUT2D eigenvalue weighted by atomic mass is 9.69. The number of allylic oxidation sites excluding steroid dienone is 2. The van der Waals surface area contributed by atoms with Crippen molar-refractivity contribution < 1.29 is 0 Å². The van der Waals surface area contributed by atoms with Gasteiger partial charge >= 0.3 is 0 Å². The van der Waals surface area contributed by atoms with Crippen LogP contribution in [0.4, 0.5) is 0 Å². The third-order valence-corrected chi connectivity index (χ3v) is 18.5. The average molecular weight is 445 g/mol. The molecule has 3 aliphatic rings. The molecule has 0 N–H and O–H groups in total. The lowest BCUT2D eigenvalue weighted by molar-refractivity contribution is 0.242. The van der Waals surface area contributed by atoms with Gasteiger partial charge in [0.2, 0.25) is 0 Å². The highest BCUT2D eigenvalue weighted by Crippen LogP contribution is 2.90. The van der Waals surface area contributed by atoms with Gasteiger partial charge in [0, 0.05) is 18.3 Å². The maximum absolute atomic E-state index is 7.29. The summed E-state index contributed by atoms with van der Waals surface area (Å²) in [5.74, 6) is 0. The van der Waals surface area contributed by atoms with E-state index in [0.717, 1.165) is 0 Å². The molecule has 1 saturated heterocycles. The van der Waals surface area contributed by atoms with E-state index < -0.39 is 7.27 Å². The molecule has 0 aromatic rings. The van der Waals surface area contributed by atoms with E-state index in [-0.39, 0.29) is 21.3 Å². The molecule has 4 heteroatoms. The lowest BCUT2D eigenvalue weighted by Crippen LogP contribution is -2.56. The molecule has 0 aliphatic carbocycles. The molecule has 3 aliphatic heterocycles. The molecule has 0 nitrogen and oxygen atoms in total. The third-order valence-electron chi connectivity index (χ3n) is 5.24. The Hall–Kier alpha value is 1.62. The summed E-state index contributed by atoms with van der Waals surface area (Å²) in [7, 11) is -0.527. The Labute approximate surface area is 145 Å². The third kappa shape index (κ3) is 2.28. The van der Waals surface area contributed by atoms with Gasteiger partial charge in [0.15, 0.2) is 0 Å². The van der Waals surface area contributed by atoms with Crippen molar-refractivity contribution in [2.75, 3.05) is 6.16 Å². The molecular formula is C16H28ClIP2. The van der Waals surface area contributed by atoms with Gasteiger partial charge in [0.05, 0.1) is 4.90 Å². The fourth-order valence-corrected chi connectivity index (χ4v) is 22.1. The fraction of sp³-hybridized carbons (Fsp3) is 0.875. The van der Waals surface area contributed by atoms with Gasteiger partial charge in [-0.3, -0.25) is 0 Å². The Morgan fingerprint density at radius 2 is 1.75 bits per heavy atom. The zero-order valence-electron chi connectivity index (χ0n) is 14.0. The molecule has 0 unspecified atom stereocenters. The van der Waals surface area contributed by atoms with Crippen molar-refractivity contribution in [1.29, 1.82) is 0 Å². The Morgan fingerprint density at radius 1 is 1.25 bits per heavy atom. The molecule has 5 atom stereocenters. The van der Waals surface area contributed by atoms with Gasteiger partial charge < -0.3 is 0 Å². The van der Waals surface area contributed by atoms with Crippen LogP contribution in [0.15, 0.2) is 11.6 Å². The van der Waals surface area contributed by atoms with Crippen LogP contribution in [0, 0.1) is 16.2 Å². The van der Waals surface area contributed by atoms with E-state index in [9.17, 15) is 0 Å². The van der Waals surface area contributed by atoms with Crippen LogP contribution in [0.2, 0.25) is 0 Å². The molecule has 0 aromatic carbocycles. The van der Waals surface area contributed by atoms with Gasteiger partial charge in [-0.05, 0) is 29.5 Å². The quantitative estimate of drug-likeness (QED) is 0.205. The van der Waals surface area contributed by atoms with Crippen molar-refractivity contribution in [1.82, 2.24) is 0 Å². The topological polar surface area (TPSA) is 0 Å². The highest BCUT2D eigenvalue weighted by molar-refractivity contribution is 14.2. The summed E-state index contributed by atoms with van der Waals surface area (Å²) < 4.78 is 0. The molecular weight excluding hydrogens is 416 g/mol. The van der Waals surface area contributed by atoms with Crippen LogP contribution in [-0.2, 0) is 0 Å². The van der Waals surface area contributed by atoms with E-state index >= 15 is 0 Å². The summed E-state index contributed by atoms with van der Waals surface area (Å²) in [6.07, 6.45) is 3.95. The maximum Gasteiger partial charge on any atom is 0.0567 e. The monoisotopic (exact) mass is 444 g/mol. The fourth-order valence-electron chi connectivity index (χ4n) is 4.18. The Kier molecular flexibility index (Phi) is 4.54. The van der Waals surface area contributed by atoms with Crippen LogP contribution in [0.5, 0.6) is 0 Å². The second kappa shape index (κ2) is 5.06. The second-order valence-corrected chi connectivity index (χ2v) is 17.4. The van der Waals surface area contributed by atoms with E-state index in [1.54, 1.807) is 5.57 Å². The van der Waals surface area contributed by atoms with Crippen LogP contribution in [0.3, 0.4) is 0 Å². The van der Waals surface area contributed by atoms with Crippen LogP contribution >= 0.6 is 46.1 Å². The maximum atomic E-state index is 7.29. The molecule has 20 heavy (non-hydrogen) atoms. The molecule has 0 aromatic heterocycles. The first-order valence-electron chi connectivity index (χ1n) is 7.37. The lowest BCUT2D eigenvalue weighted by Gasteiger charge is -2.66. The van der Waals surface area contributed by atoms with E-state index in [0.29, 0.717) is 11.1 Å². The van der Waals surface area contributed by atoms with Crippen LogP contribution in [0.25, 0.3) is 0 Å². The minimum atomic E-state index is -0.527. The first kappa shape index (κ1) is 18.0. The van der Waals surface area contributed by atoms with E-state index in [1.807, 2.05) is 0 Å². The molecule has 116 valence electrons. The standard InChI is InChI=1S/C16H28ClIP2/c1-11-9-16(14(5,6)7)19(18)10-15(11,8)12(20(16)17)13(2,3)4/h9,12H,10H2,1-8H3/t12-,15+,16-,19+,20-/m1/s1. The predicted octanol–water partition coefficient (Wildman–Crippen LogP) is 7.59. The highest BCUT2D eigenvalue weighted by Gasteiger charge is 2.66. The van der Waals surface area contributed by atoms with Crippen LogP contribution in [0.1, 0.15) is 55.4 Å². The molecule has 3 rings (SSSR count).